The van der Waals surface area contributed by atoms with Crippen LogP contribution in [-0.4, -0.2) is 6.54 Å². The van der Waals surface area contributed by atoms with Gasteiger partial charge in [-0.25, -0.2) is 0 Å². The summed E-state index contributed by atoms with van der Waals surface area (Å²) in [7, 11) is 0. The van der Waals surface area contributed by atoms with E-state index in [0.29, 0.717) is 6.04 Å². The summed E-state index contributed by atoms with van der Waals surface area (Å²) in [5, 5.41) is 6.03. The Morgan fingerprint density at radius 2 is 1.89 bits per heavy atom. The SMILES string of the molecule is CC#CCC(NCC)c1ccc2cc(Br)ccc2c1. The lowest BCUT2D eigenvalue weighted by molar-refractivity contribution is 0.566. The molecule has 1 N–H and O–H groups in total. The van der Waals surface area contributed by atoms with E-state index in [0.717, 1.165) is 17.4 Å². The van der Waals surface area contributed by atoms with E-state index in [1.54, 1.807) is 0 Å². The zero-order chi connectivity index (χ0) is 13.7. The molecule has 0 saturated heterocycles. The number of rotatable bonds is 4. The van der Waals surface area contributed by atoms with E-state index in [9.17, 15) is 0 Å². The van der Waals surface area contributed by atoms with E-state index in [1.165, 1.54) is 16.3 Å². The van der Waals surface area contributed by atoms with Crippen LogP contribution in [-0.2, 0) is 0 Å². The first kappa shape index (κ1) is 14.1. The molecule has 0 aliphatic heterocycles. The summed E-state index contributed by atoms with van der Waals surface area (Å²) < 4.78 is 1.12. The Bertz CT molecular complexity index is 622. The van der Waals surface area contributed by atoms with Crippen LogP contribution in [0, 0.1) is 11.8 Å². The first-order valence-corrected chi connectivity index (χ1v) is 7.36. The van der Waals surface area contributed by atoms with Crippen LogP contribution in [0.25, 0.3) is 10.8 Å². The highest BCUT2D eigenvalue weighted by molar-refractivity contribution is 9.10. The summed E-state index contributed by atoms with van der Waals surface area (Å²) >= 11 is 3.51. The second-order valence-electron chi connectivity index (χ2n) is 4.49. The first-order chi connectivity index (χ1) is 9.24. The van der Waals surface area contributed by atoms with E-state index in [1.807, 2.05) is 6.92 Å². The van der Waals surface area contributed by atoms with Gasteiger partial charge in [-0.3, -0.25) is 0 Å². The van der Waals surface area contributed by atoms with E-state index >= 15 is 0 Å². The number of hydrogen-bond donors (Lipinski definition) is 1. The molecule has 98 valence electrons. The average molecular weight is 316 g/mol. The summed E-state index contributed by atoms with van der Waals surface area (Å²) in [6, 6.07) is 13.3. The Hall–Kier alpha value is -1.30. The molecule has 0 aromatic heterocycles. The van der Waals surface area contributed by atoms with Gasteiger partial charge in [0.05, 0.1) is 0 Å². The van der Waals surface area contributed by atoms with Crippen LogP contribution < -0.4 is 5.32 Å². The highest BCUT2D eigenvalue weighted by Gasteiger charge is 2.09. The molecule has 0 radical (unpaired) electrons. The number of halogens is 1. The summed E-state index contributed by atoms with van der Waals surface area (Å²) in [4.78, 5) is 0. The summed E-state index contributed by atoms with van der Waals surface area (Å²) in [6.07, 6.45) is 0.854. The minimum absolute atomic E-state index is 0.311. The topological polar surface area (TPSA) is 12.0 Å². The van der Waals surface area contributed by atoms with E-state index in [-0.39, 0.29) is 0 Å². The molecule has 0 aliphatic carbocycles. The van der Waals surface area contributed by atoms with Crippen LogP contribution in [0.15, 0.2) is 40.9 Å². The third-order valence-electron chi connectivity index (χ3n) is 3.16. The molecule has 2 aromatic rings. The lowest BCUT2D eigenvalue weighted by Gasteiger charge is -2.16. The molecule has 2 aromatic carbocycles. The van der Waals surface area contributed by atoms with Crippen LogP contribution in [0.3, 0.4) is 0 Å². The molecule has 0 spiro atoms. The van der Waals surface area contributed by atoms with Crippen molar-refractivity contribution in [1.82, 2.24) is 5.32 Å². The molecule has 1 atom stereocenters. The highest BCUT2D eigenvalue weighted by atomic mass is 79.9. The van der Waals surface area contributed by atoms with Gasteiger partial charge in [0.15, 0.2) is 0 Å². The van der Waals surface area contributed by atoms with Crippen molar-refractivity contribution < 1.29 is 0 Å². The Morgan fingerprint density at radius 1 is 1.16 bits per heavy atom. The van der Waals surface area contributed by atoms with Gasteiger partial charge in [0.2, 0.25) is 0 Å². The lowest BCUT2D eigenvalue weighted by atomic mass is 10.00. The number of benzene rings is 2. The molecule has 2 heteroatoms. The second-order valence-corrected chi connectivity index (χ2v) is 5.41. The van der Waals surface area contributed by atoms with Crippen molar-refractivity contribution in [2.24, 2.45) is 0 Å². The Morgan fingerprint density at radius 3 is 2.63 bits per heavy atom. The van der Waals surface area contributed by atoms with Gasteiger partial charge in [0, 0.05) is 16.9 Å². The van der Waals surface area contributed by atoms with Crippen molar-refractivity contribution in [3.8, 4) is 11.8 Å². The predicted molar refractivity (Wildman–Crippen MR) is 86.1 cm³/mol. The predicted octanol–water partition coefficient (Wildman–Crippen LogP) is 4.67. The molecule has 19 heavy (non-hydrogen) atoms. The molecule has 1 nitrogen and oxygen atoms in total. The minimum Gasteiger partial charge on any atom is -0.309 e. The zero-order valence-corrected chi connectivity index (χ0v) is 12.9. The molecule has 0 heterocycles. The summed E-state index contributed by atoms with van der Waals surface area (Å²) in [6.45, 7) is 4.97. The fraction of sp³-hybridized carbons (Fsp3) is 0.294. The molecule has 2 rings (SSSR count). The van der Waals surface area contributed by atoms with Crippen molar-refractivity contribution >= 4 is 26.7 Å². The van der Waals surface area contributed by atoms with Gasteiger partial charge in [-0.15, -0.1) is 11.8 Å². The maximum absolute atomic E-state index is 3.51. The van der Waals surface area contributed by atoms with Crippen LogP contribution in [0.2, 0.25) is 0 Å². The molecule has 0 saturated carbocycles. The maximum atomic E-state index is 3.51. The van der Waals surface area contributed by atoms with E-state index < -0.39 is 0 Å². The standard InChI is InChI=1S/C17H18BrN/c1-3-5-6-17(19-4-2)15-8-7-14-12-16(18)10-9-13(14)11-15/h7-12,17,19H,4,6H2,1-2H3. The van der Waals surface area contributed by atoms with Gasteiger partial charge in [-0.05, 0) is 48.0 Å². The van der Waals surface area contributed by atoms with Gasteiger partial charge < -0.3 is 5.32 Å². The minimum atomic E-state index is 0.311. The Kier molecular flexibility index (Phi) is 5.01. The lowest BCUT2D eigenvalue weighted by Crippen LogP contribution is -2.20. The first-order valence-electron chi connectivity index (χ1n) is 6.56. The van der Waals surface area contributed by atoms with Crippen LogP contribution in [0.5, 0.6) is 0 Å². The van der Waals surface area contributed by atoms with Crippen LogP contribution in [0.4, 0.5) is 0 Å². The maximum Gasteiger partial charge on any atom is 0.0431 e. The van der Waals surface area contributed by atoms with Gasteiger partial charge in [0.25, 0.3) is 0 Å². The van der Waals surface area contributed by atoms with Crippen molar-refractivity contribution in [3.63, 3.8) is 0 Å². The largest absolute Gasteiger partial charge is 0.309 e. The molecular weight excluding hydrogens is 298 g/mol. The molecular formula is C17H18BrN. The van der Waals surface area contributed by atoms with Gasteiger partial charge in [-0.2, -0.15) is 0 Å². The highest BCUT2D eigenvalue weighted by Crippen LogP contribution is 2.24. The molecule has 0 amide bonds. The van der Waals surface area contributed by atoms with Crippen LogP contribution in [0.1, 0.15) is 31.9 Å². The van der Waals surface area contributed by atoms with E-state index in [2.05, 4.69) is 76.4 Å². The van der Waals surface area contributed by atoms with Crippen LogP contribution >= 0.6 is 15.9 Å². The summed E-state index contributed by atoms with van der Waals surface area (Å²) in [5.41, 5.74) is 1.31. The zero-order valence-electron chi connectivity index (χ0n) is 11.3. The Balaban J connectivity index is 2.35. The number of nitrogens with one attached hydrogen (secondary N) is 1. The van der Waals surface area contributed by atoms with Crippen molar-refractivity contribution in [2.75, 3.05) is 6.54 Å². The van der Waals surface area contributed by atoms with Gasteiger partial charge in [0.1, 0.15) is 0 Å². The quantitative estimate of drug-likeness (QED) is 0.809. The van der Waals surface area contributed by atoms with Gasteiger partial charge >= 0.3 is 0 Å². The average Bonchev–Trinajstić information content (AvgIpc) is 2.43. The summed E-state index contributed by atoms with van der Waals surface area (Å²) in [5.74, 6) is 6.14. The monoisotopic (exact) mass is 315 g/mol. The molecule has 1 unspecified atom stereocenters. The van der Waals surface area contributed by atoms with Gasteiger partial charge in [-0.1, -0.05) is 41.1 Å². The molecule has 0 fully saturated rings. The van der Waals surface area contributed by atoms with Crippen molar-refractivity contribution in [1.29, 1.82) is 0 Å². The molecule has 0 aliphatic rings. The number of fused-ring (bicyclic) bond motifs is 1. The van der Waals surface area contributed by atoms with Crippen molar-refractivity contribution in [3.05, 3.63) is 46.4 Å². The smallest absolute Gasteiger partial charge is 0.0431 e. The molecule has 0 bridgehead atoms. The third kappa shape index (κ3) is 3.59. The Labute approximate surface area is 123 Å². The fourth-order valence-electron chi connectivity index (χ4n) is 2.21. The fourth-order valence-corrected chi connectivity index (χ4v) is 2.59. The number of hydrogen-bond acceptors (Lipinski definition) is 1. The second kappa shape index (κ2) is 6.75. The van der Waals surface area contributed by atoms with E-state index in [4.69, 9.17) is 0 Å². The van der Waals surface area contributed by atoms with Crippen molar-refractivity contribution in [2.45, 2.75) is 26.3 Å². The third-order valence-corrected chi connectivity index (χ3v) is 3.66. The normalized spacial score (nSPS) is 11.9.